The van der Waals surface area contributed by atoms with Crippen LogP contribution in [0.2, 0.25) is 0 Å². The van der Waals surface area contributed by atoms with Crippen molar-refractivity contribution in [3.63, 3.8) is 0 Å². The van der Waals surface area contributed by atoms with Gasteiger partial charge in [-0.3, -0.25) is 5.32 Å². The number of aromatic hydroxyl groups is 1. The fourth-order valence-electron chi connectivity index (χ4n) is 1.78. The number of benzene rings is 1. The summed E-state index contributed by atoms with van der Waals surface area (Å²) in [6.45, 7) is 2.63. The van der Waals surface area contributed by atoms with Crippen molar-refractivity contribution >= 4 is 11.8 Å². The fourth-order valence-corrected chi connectivity index (χ4v) is 1.78. The zero-order valence-corrected chi connectivity index (χ0v) is 11.5. The number of anilines is 1. The lowest BCUT2D eigenvalue weighted by Crippen LogP contribution is -2.14. The number of hydrogen-bond donors (Lipinski definition) is 2. The van der Waals surface area contributed by atoms with Crippen LogP contribution in [-0.4, -0.2) is 17.8 Å². The van der Waals surface area contributed by atoms with Crippen LogP contribution in [0.3, 0.4) is 0 Å². The first-order chi connectivity index (χ1) is 9.22. The Balaban J connectivity index is 2.08. The Bertz CT molecular complexity index is 379. The Morgan fingerprint density at radius 2 is 1.95 bits per heavy atom. The Morgan fingerprint density at radius 3 is 2.68 bits per heavy atom. The maximum atomic E-state index is 11.4. The van der Waals surface area contributed by atoms with E-state index in [0.717, 1.165) is 12.8 Å². The third-order valence-electron chi connectivity index (χ3n) is 2.82. The molecular formula is C15H23NO3. The second kappa shape index (κ2) is 9.25. The first-order valence-electron chi connectivity index (χ1n) is 6.95. The number of carbonyl (C=O) groups is 1. The summed E-state index contributed by atoms with van der Waals surface area (Å²) in [6, 6.07) is 6.39. The molecule has 4 heteroatoms. The summed E-state index contributed by atoms with van der Waals surface area (Å²) >= 11 is 0. The number of amides is 1. The molecule has 0 radical (unpaired) electrons. The molecule has 0 aliphatic carbocycles. The van der Waals surface area contributed by atoms with Crippen LogP contribution in [0.15, 0.2) is 24.3 Å². The first-order valence-corrected chi connectivity index (χ1v) is 6.95. The SMILES string of the molecule is CCCCCCCCOC(=O)Nc1cccc(O)c1. The molecule has 1 aromatic rings. The normalized spacial score (nSPS) is 10.2. The third-order valence-corrected chi connectivity index (χ3v) is 2.82. The van der Waals surface area contributed by atoms with Crippen LogP contribution in [-0.2, 0) is 4.74 Å². The summed E-state index contributed by atoms with van der Waals surface area (Å²) < 4.78 is 5.06. The lowest BCUT2D eigenvalue weighted by molar-refractivity contribution is 0.159. The molecule has 0 heterocycles. The van der Waals surface area contributed by atoms with E-state index in [9.17, 15) is 9.90 Å². The molecule has 1 amide bonds. The summed E-state index contributed by atoms with van der Waals surface area (Å²) in [6.07, 6.45) is 6.49. The smallest absolute Gasteiger partial charge is 0.411 e. The molecule has 0 aliphatic heterocycles. The highest BCUT2D eigenvalue weighted by molar-refractivity contribution is 5.84. The second-order valence-corrected chi connectivity index (χ2v) is 4.58. The average molecular weight is 265 g/mol. The van der Waals surface area contributed by atoms with Crippen LogP contribution in [0, 0.1) is 0 Å². The van der Waals surface area contributed by atoms with Gasteiger partial charge in [-0.1, -0.05) is 45.1 Å². The summed E-state index contributed by atoms with van der Waals surface area (Å²) in [4.78, 5) is 11.4. The molecule has 0 saturated carbocycles. The Hall–Kier alpha value is -1.71. The summed E-state index contributed by atoms with van der Waals surface area (Å²) in [5.74, 6) is 0.119. The zero-order chi connectivity index (χ0) is 13.9. The molecule has 106 valence electrons. The monoisotopic (exact) mass is 265 g/mol. The minimum Gasteiger partial charge on any atom is -0.508 e. The molecule has 4 nitrogen and oxygen atoms in total. The molecule has 2 N–H and O–H groups in total. The minimum absolute atomic E-state index is 0.119. The number of ether oxygens (including phenoxy) is 1. The van der Waals surface area contributed by atoms with E-state index in [-0.39, 0.29) is 5.75 Å². The highest BCUT2D eigenvalue weighted by Crippen LogP contribution is 2.15. The number of rotatable bonds is 8. The van der Waals surface area contributed by atoms with Gasteiger partial charge in [0.05, 0.1) is 6.61 Å². The number of phenols is 1. The van der Waals surface area contributed by atoms with E-state index in [1.165, 1.54) is 31.7 Å². The molecule has 0 aromatic heterocycles. The molecule has 0 fully saturated rings. The van der Waals surface area contributed by atoms with E-state index in [1.54, 1.807) is 18.2 Å². The number of unbranched alkanes of at least 4 members (excludes halogenated alkanes) is 5. The fraction of sp³-hybridized carbons (Fsp3) is 0.533. The van der Waals surface area contributed by atoms with E-state index >= 15 is 0 Å². The average Bonchev–Trinajstić information content (AvgIpc) is 2.37. The van der Waals surface area contributed by atoms with Gasteiger partial charge in [0.1, 0.15) is 5.75 Å². The Kier molecular flexibility index (Phi) is 7.47. The second-order valence-electron chi connectivity index (χ2n) is 4.58. The van der Waals surface area contributed by atoms with Crippen molar-refractivity contribution < 1.29 is 14.6 Å². The van der Waals surface area contributed by atoms with Gasteiger partial charge in [-0.05, 0) is 18.6 Å². The number of carbonyl (C=O) groups excluding carboxylic acids is 1. The van der Waals surface area contributed by atoms with Crippen molar-refractivity contribution in [3.8, 4) is 5.75 Å². The molecule has 0 atom stereocenters. The van der Waals surface area contributed by atoms with Crippen molar-refractivity contribution in [1.82, 2.24) is 0 Å². The molecule has 1 rings (SSSR count). The van der Waals surface area contributed by atoms with Gasteiger partial charge in [0, 0.05) is 11.8 Å². The minimum atomic E-state index is -0.473. The Labute approximate surface area is 114 Å². The van der Waals surface area contributed by atoms with Crippen LogP contribution < -0.4 is 5.32 Å². The standard InChI is InChI=1S/C15H23NO3/c1-2-3-4-5-6-7-11-19-15(18)16-13-9-8-10-14(17)12-13/h8-10,12,17H,2-7,11H2,1H3,(H,16,18). The third kappa shape index (κ3) is 7.34. The molecular weight excluding hydrogens is 242 g/mol. The van der Waals surface area contributed by atoms with Crippen LogP contribution in [0.25, 0.3) is 0 Å². The van der Waals surface area contributed by atoms with Crippen LogP contribution in [0.5, 0.6) is 5.75 Å². The van der Waals surface area contributed by atoms with Crippen LogP contribution in [0.4, 0.5) is 10.5 Å². The lowest BCUT2D eigenvalue weighted by atomic mass is 10.1. The predicted molar refractivity (Wildman–Crippen MR) is 76.5 cm³/mol. The number of nitrogens with one attached hydrogen (secondary N) is 1. The molecule has 0 unspecified atom stereocenters. The molecule has 0 bridgehead atoms. The van der Waals surface area contributed by atoms with Gasteiger partial charge >= 0.3 is 6.09 Å². The van der Waals surface area contributed by atoms with Gasteiger partial charge in [0.15, 0.2) is 0 Å². The van der Waals surface area contributed by atoms with Gasteiger partial charge in [0.25, 0.3) is 0 Å². The van der Waals surface area contributed by atoms with E-state index < -0.39 is 6.09 Å². The van der Waals surface area contributed by atoms with Gasteiger partial charge in [-0.2, -0.15) is 0 Å². The molecule has 0 spiro atoms. The first kappa shape index (κ1) is 15.3. The van der Waals surface area contributed by atoms with Crippen LogP contribution in [0.1, 0.15) is 45.4 Å². The van der Waals surface area contributed by atoms with E-state index in [0.29, 0.717) is 12.3 Å². The number of hydrogen-bond acceptors (Lipinski definition) is 3. The van der Waals surface area contributed by atoms with Gasteiger partial charge in [-0.25, -0.2) is 4.79 Å². The number of phenolic OH excluding ortho intramolecular Hbond substituents is 1. The maximum absolute atomic E-state index is 11.4. The topological polar surface area (TPSA) is 58.6 Å². The molecule has 1 aromatic carbocycles. The van der Waals surface area contributed by atoms with E-state index in [2.05, 4.69) is 12.2 Å². The predicted octanol–water partition coefficient (Wildman–Crippen LogP) is 4.30. The van der Waals surface area contributed by atoms with Gasteiger partial charge < -0.3 is 9.84 Å². The van der Waals surface area contributed by atoms with Crippen molar-refractivity contribution in [2.45, 2.75) is 45.4 Å². The van der Waals surface area contributed by atoms with E-state index in [4.69, 9.17) is 4.74 Å². The summed E-state index contributed by atoms with van der Waals surface area (Å²) in [5, 5.41) is 11.8. The quantitative estimate of drug-likeness (QED) is 0.689. The summed E-state index contributed by atoms with van der Waals surface area (Å²) in [5.41, 5.74) is 0.535. The highest BCUT2D eigenvalue weighted by Gasteiger charge is 2.03. The van der Waals surface area contributed by atoms with E-state index in [1.807, 2.05) is 0 Å². The van der Waals surface area contributed by atoms with Crippen LogP contribution >= 0.6 is 0 Å². The van der Waals surface area contributed by atoms with Crippen molar-refractivity contribution in [2.75, 3.05) is 11.9 Å². The molecule has 0 saturated heterocycles. The summed E-state index contributed by atoms with van der Waals surface area (Å²) in [7, 11) is 0. The largest absolute Gasteiger partial charge is 0.508 e. The molecule has 19 heavy (non-hydrogen) atoms. The zero-order valence-electron chi connectivity index (χ0n) is 11.5. The van der Waals surface area contributed by atoms with Gasteiger partial charge in [0.2, 0.25) is 0 Å². The highest BCUT2D eigenvalue weighted by atomic mass is 16.5. The Morgan fingerprint density at radius 1 is 1.21 bits per heavy atom. The maximum Gasteiger partial charge on any atom is 0.411 e. The van der Waals surface area contributed by atoms with Crippen molar-refractivity contribution in [1.29, 1.82) is 0 Å². The lowest BCUT2D eigenvalue weighted by Gasteiger charge is -2.07. The van der Waals surface area contributed by atoms with Crippen molar-refractivity contribution in [3.05, 3.63) is 24.3 Å². The molecule has 0 aliphatic rings. The van der Waals surface area contributed by atoms with Crippen molar-refractivity contribution in [2.24, 2.45) is 0 Å². The van der Waals surface area contributed by atoms with Gasteiger partial charge in [-0.15, -0.1) is 0 Å².